The third kappa shape index (κ3) is 6.73. The number of rotatable bonds is 8. The summed E-state index contributed by atoms with van der Waals surface area (Å²) in [6.07, 6.45) is 0. The molecule has 11 rings (SSSR count). The summed E-state index contributed by atoms with van der Waals surface area (Å²) in [5.41, 5.74) is 15.2. The third-order valence-corrected chi connectivity index (χ3v) is 12.0. The highest BCUT2D eigenvalue weighted by Gasteiger charge is 2.20. The summed E-state index contributed by atoms with van der Waals surface area (Å²) in [5, 5.41) is 7.58. The smallest absolute Gasteiger partial charge is 0.0468 e. The van der Waals surface area contributed by atoms with Gasteiger partial charge in [-0.1, -0.05) is 206 Å². The lowest BCUT2D eigenvalue weighted by Crippen LogP contribution is -2.10. The molecule has 61 heavy (non-hydrogen) atoms. The van der Waals surface area contributed by atoms with E-state index in [1.165, 1.54) is 88.0 Å². The molecule has 0 saturated heterocycles. The molecule has 0 fully saturated rings. The van der Waals surface area contributed by atoms with Crippen LogP contribution in [0.3, 0.4) is 0 Å². The zero-order valence-electron chi connectivity index (χ0n) is 33.6. The van der Waals surface area contributed by atoms with E-state index in [1.807, 2.05) is 0 Å². The molecule has 0 amide bonds. The molecular weight excluding hydrogens is 735 g/mol. The van der Waals surface area contributed by atoms with E-state index in [1.54, 1.807) is 0 Å². The molecule has 0 N–H and O–H groups in total. The molecule has 286 valence electrons. The summed E-state index contributed by atoms with van der Waals surface area (Å²) in [4.78, 5) is 2.41. The van der Waals surface area contributed by atoms with Crippen molar-refractivity contribution in [2.75, 3.05) is 4.90 Å². The van der Waals surface area contributed by atoms with E-state index in [-0.39, 0.29) is 0 Å². The predicted molar refractivity (Wildman–Crippen MR) is 261 cm³/mol. The van der Waals surface area contributed by atoms with Crippen molar-refractivity contribution in [1.82, 2.24) is 0 Å². The van der Waals surface area contributed by atoms with Crippen LogP contribution >= 0.6 is 0 Å². The van der Waals surface area contributed by atoms with Gasteiger partial charge in [-0.3, -0.25) is 0 Å². The fourth-order valence-electron chi connectivity index (χ4n) is 9.14. The first-order valence-electron chi connectivity index (χ1n) is 21.0. The average molecular weight is 776 g/mol. The fourth-order valence-corrected chi connectivity index (χ4v) is 9.14. The number of fused-ring (bicyclic) bond motifs is 5. The molecule has 11 aromatic rings. The quantitative estimate of drug-likeness (QED) is 0.139. The van der Waals surface area contributed by atoms with Crippen LogP contribution in [0.15, 0.2) is 249 Å². The Morgan fingerprint density at radius 3 is 1.25 bits per heavy atom. The molecule has 1 heteroatoms. The maximum Gasteiger partial charge on any atom is 0.0468 e. The second kappa shape index (κ2) is 15.6. The van der Waals surface area contributed by atoms with Gasteiger partial charge in [0.2, 0.25) is 0 Å². The number of anilines is 3. The Bertz CT molecular complexity index is 3320. The summed E-state index contributed by atoms with van der Waals surface area (Å²) >= 11 is 0. The molecule has 0 radical (unpaired) electrons. The summed E-state index contributed by atoms with van der Waals surface area (Å²) < 4.78 is 0. The molecule has 0 aliphatic carbocycles. The van der Waals surface area contributed by atoms with E-state index in [4.69, 9.17) is 0 Å². The summed E-state index contributed by atoms with van der Waals surface area (Å²) in [5.74, 6) is 0. The highest BCUT2D eigenvalue weighted by Crippen LogP contribution is 2.46. The number of nitrogens with zero attached hydrogens (tertiary/aromatic N) is 1. The Morgan fingerprint density at radius 2 is 0.639 bits per heavy atom. The van der Waals surface area contributed by atoms with Crippen LogP contribution in [0.4, 0.5) is 17.1 Å². The molecule has 0 saturated carbocycles. The van der Waals surface area contributed by atoms with Crippen LogP contribution in [0, 0.1) is 0 Å². The Balaban J connectivity index is 1.14. The second-order valence-corrected chi connectivity index (χ2v) is 15.7. The van der Waals surface area contributed by atoms with Crippen molar-refractivity contribution < 1.29 is 0 Å². The van der Waals surface area contributed by atoms with Crippen LogP contribution in [-0.4, -0.2) is 0 Å². The van der Waals surface area contributed by atoms with Crippen LogP contribution in [0.5, 0.6) is 0 Å². The second-order valence-electron chi connectivity index (χ2n) is 15.7. The molecule has 0 atom stereocenters. The van der Waals surface area contributed by atoms with Crippen molar-refractivity contribution in [2.45, 2.75) is 0 Å². The Morgan fingerprint density at radius 1 is 0.213 bits per heavy atom. The number of hydrogen-bond acceptors (Lipinski definition) is 1. The summed E-state index contributed by atoms with van der Waals surface area (Å²) in [6.45, 7) is 0. The Kier molecular flexibility index (Phi) is 9.26. The van der Waals surface area contributed by atoms with Crippen LogP contribution in [0.25, 0.3) is 88.0 Å². The number of hydrogen-bond donors (Lipinski definition) is 0. The van der Waals surface area contributed by atoms with Crippen molar-refractivity contribution >= 4 is 49.4 Å². The Hall–Kier alpha value is -8.00. The average Bonchev–Trinajstić information content (AvgIpc) is 3.35. The molecule has 0 aliphatic rings. The van der Waals surface area contributed by atoms with Crippen molar-refractivity contribution in [3.8, 4) is 55.6 Å². The molecular formula is C60H41N. The van der Waals surface area contributed by atoms with Gasteiger partial charge in [0.05, 0.1) is 0 Å². The molecule has 11 aromatic carbocycles. The maximum absolute atomic E-state index is 2.41. The predicted octanol–water partition coefficient (Wildman–Crippen LogP) is 17.0. The van der Waals surface area contributed by atoms with E-state index in [9.17, 15) is 0 Å². The van der Waals surface area contributed by atoms with E-state index < -0.39 is 0 Å². The van der Waals surface area contributed by atoms with Crippen molar-refractivity contribution in [3.63, 3.8) is 0 Å². The zero-order chi connectivity index (χ0) is 40.5. The van der Waals surface area contributed by atoms with Gasteiger partial charge in [0.1, 0.15) is 0 Å². The molecule has 0 heterocycles. The van der Waals surface area contributed by atoms with Crippen molar-refractivity contribution in [2.24, 2.45) is 0 Å². The van der Waals surface area contributed by atoms with Gasteiger partial charge in [0.25, 0.3) is 0 Å². The lowest BCUT2D eigenvalue weighted by molar-refractivity contribution is 1.28. The largest absolute Gasteiger partial charge is 0.310 e. The normalized spacial score (nSPS) is 11.3. The van der Waals surface area contributed by atoms with Gasteiger partial charge in [-0.15, -0.1) is 0 Å². The third-order valence-electron chi connectivity index (χ3n) is 12.0. The standard InChI is InChI=1S/C60H41N/c1-5-17-42(18-6-1)43-31-33-49(34-32-43)61(50-35-37-52(44-19-7-2-8-20-44)57(40-50)45-21-9-3-10-22-45)51-36-38-55(58(41-51)46-23-11-4-12-24-46)59-39-48-30-29-47-25-13-14-26-53(47)60(48)56-28-16-15-27-54(56)59/h1-41H. The first-order valence-corrected chi connectivity index (χ1v) is 21.0. The van der Waals surface area contributed by atoms with E-state index in [0.717, 1.165) is 17.1 Å². The Labute approximate surface area is 357 Å². The van der Waals surface area contributed by atoms with Gasteiger partial charge in [-0.25, -0.2) is 0 Å². The van der Waals surface area contributed by atoms with Gasteiger partial charge in [-0.2, -0.15) is 0 Å². The molecule has 0 aromatic heterocycles. The van der Waals surface area contributed by atoms with Gasteiger partial charge >= 0.3 is 0 Å². The maximum atomic E-state index is 2.41. The van der Waals surface area contributed by atoms with E-state index in [2.05, 4.69) is 254 Å². The van der Waals surface area contributed by atoms with Gasteiger partial charge < -0.3 is 4.90 Å². The lowest BCUT2D eigenvalue weighted by atomic mass is 9.87. The van der Waals surface area contributed by atoms with Crippen molar-refractivity contribution in [3.05, 3.63) is 249 Å². The summed E-state index contributed by atoms with van der Waals surface area (Å²) in [7, 11) is 0. The highest BCUT2D eigenvalue weighted by molar-refractivity contribution is 6.23. The van der Waals surface area contributed by atoms with Crippen LogP contribution in [0.2, 0.25) is 0 Å². The van der Waals surface area contributed by atoms with Gasteiger partial charge in [0.15, 0.2) is 0 Å². The minimum absolute atomic E-state index is 1.08. The minimum Gasteiger partial charge on any atom is -0.310 e. The molecule has 0 bridgehead atoms. The van der Waals surface area contributed by atoms with Crippen LogP contribution < -0.4 is 4.90 Å². The van der Waals surface area contributed by atoms with Crippen LogP contribution in [0.1, 0.15) is 0 Å². The van der Waals surface area contributed by atoms with Gasteiger partial charge in [-0.05, 0) is 130 Å². The highest BCUT2D eigenvalue weighted by atomic mass is 15.1. The molecule has 1 nitrogen and oxygen atoms in total. The lowest BCUT2D eigenvalue weighted by Gasteiger charge is -2.28. The fraction of sp³-hybridized carbons (Fsp3) is 0. The summed E-state index contributed by atoms with van der Waals surface area (Å²) in [6, 6.07) is 90.5. The first kappa shape index (κ1) is 36.1. The SMILES string of the molecule is c1ccc(-c2ccc(N(c3ccc(-c4ccccc4)c(-c4ccccc4)c3)c3ccc(-c4cc5ccc6ccccc6c5c5ccccc45)c(-c4ccccc4)c3)cc2)cc1. The van der Waals surface area contributed by atoms with Gasteiger partial charge in [0, 0.05) is 17.1 Å². The number of benzene rings is 11. The van der Waals surface area contributed by atoms with E-state index >= 15 is 0 Å². The topological polar surface area (TPSA) is 3.24 Å². The minimum atomic E-state index is 1.08. The van der Waals surface area contributed by atoms with Crippen LogP contribution in [-0.2, 0) is 0 Å². The van der Waals surface area contributed by atoms with E-state index in [0.29, 0.717) is 0 Å². The zero-order valence-corrected chi connectivity index (χ0v) is 33.6. The monoisotopic (exact) mass is 775 g/mol. The molecule has 0 spiro atoms. The molecule has 0 unspecified atom stereocenters. The molecule has 0 aliphatic heterocycles. The first-order chi connectivity index (χ1) is 30.3. The van der Waals surface area contributed by atoms with Crippen molar-refractivity contribution in [1.29, 1.82) is 0 Å².